The van der Waals surface area contributed by atoms with Crippen molar-refractivity contribution in [3.63, 3.8) is 0 Å². The van der Waals surface area contributed by atoms with E-state index in [1.807, 2.05) is 0 Å². The summed E-state index contributed by atoms with van der Waals surface area (Å²) in [5.74, 6) is -2.05. The standard InChI is InChI=1S/C23H20ClF4N3O4S/c1-3-36(33,34)15-7-8-20(35-13(2)23(26,27)28)16(9-15)22(32)30-10-14-11-31(29-18(14)12-30)19-6-4-5-17(24)21(19)25/h4-9,11,13H,3,10,12H2,1-2H3/t13-/m0/s1. The van der Waals surface area contributed by atoms with Gasteiger partial charge in [-0.25, -0.2) is 17.5 Å². The number of aromatic nitrogens is 2. The molecule has 1 aromatic heterocycles. The fourth-order valence-corrected chi connectivity index (χ4v) is 4.73. The van der Waals surface area contributed by atoms with Gasteiger partial charge in [0, 0.05) is 18.3 Å². The zero-order chi connectivity index (χ0) is 26.4. The molecule has 0 bridgehead atoms. The van der Waals surface area contributed by atoms with Gasteiger partial charge < -0.3 is 9.64 Å². The van der Waals surface area contributed by atoms with Gasteiger partial charge in [0.15, 0.2) is 21.8 Å². The lowest BCUT2D eigenvalue weighted by atomic mass is 10.1. The molecule has 1 amide bonds. The molecule has 0 saturated heterocycles. The number of hydrogen-bond donors (Lipinski definition) is 0. The summed E-state index contributed by atoms with van der Waals surface area (Å²) in [6, 6.07) is 7.62. The Kier molecular flexibility index (Phi) is 6.78. The first-order valence-electron chi connectivity index (χ1n) is 10.7. The van der Waals surface area contributed by atoms with Crippen LogP contribution in [0.5, 0.6) is 5.75 Å². The second kappa shape index (κ2) is 9.40. The van der Waals surface area contributed by atoms with Crippen molar-refractivity contribution in [3.05, 3.63) is 70.3 Å². The van der Waals surface area contributed by atoms with Crippen molar-refractivity contribution < 1.29 is 35.5 Å². The summed E-state index contributed by atoms with van der Waals surface area (Å²) in [6.07, 6.45) is -5.40. The van der Waals surface area contributed by atoms with Crippen LogP contribution in [0.1, 0.15) is 35.5 Å². The van der Waals surface area contributed by atoms with Crippen LogP contribution in [0, 0.1) is 5.82 Å². The average molecular weight is 546 g/mol. The second-order valence-electron chi connectivity index (χ2n) is 8.14. The second-order valence-corrected chi connectivity index (χ2v) is 10.8. The van der Waals surface area contributed by atoms with Gasteiger partial charge in [-0.15, -0.1) is 0 Å². The third-order valence-corrected chi connectivity index (χ3v) is 7.75. The third-order valence-electron chi connectivity index (χ3n) is 5.73. The van der Waals surface area contributed by atoms with E-state index in [1.165, 1.54) is 34.8 Å². The van der Waals surface area contributed by atoms with E-state index in [-0.39, 0.29) is 40.0 Å². The summed E-state index contributed by atoms with van der Waals surface area (Å²) >= 11 is 5.83. The van der Waals surface area contributed by atoms with Crippen molar-refractivity contribution in [2.45, 2.75) is 44.1 Å². The smallest absolute Gasteiger partial charge is 0.425 e. The lowest BCUT2D eigenvalue weighted by molar-refractivity contribution is -0.189. The predicted octanol–water partition coefficient (Wildman–Crippen LogP) is 4.94. The minimum atomic E-state index is -4.70. The number of carbonyl (C=O) groups is 1. The number of nitrogens with zero attached hydrogens (tertiary/aromatic N) is 3. The first-order valence-corrected chi connectivity index (χ1v) is 12.8. The number of fused-ring (bicyclic) bond motifs is 1. The van der Waals surface area contributed by atoms with E-state index < -0.39 is 39.6 Å². The van der Waals surface area contributed by atoms with E-state index in [4.69, 9.17) is 16.3 Å². The predicted molar refractivity (Wildman–Crippen MR) is 122 cm³/mol. The van der Waals surface area contributed by atoms with Gasteiger partial charge in [0.05, 0.1) is 33.5 Å². The van der Waals surface area contributed by atoms with Gasteiger partial charge in [0.25, 0.3) is 5.91 Å². The molecule has 3 aromatic rings. The minimum absolute atomic E-state index is 0.0232. The van der Waals surface area contributed by atoms with Crippen molar-refractivity contribution in [2.75, 3.05) is 5.75 Å². The van der Waals surface area contributed by atoms with Crippen LogP contribution >= 0.6 is 11.6 Å². The van der Waals surface area contributed by atoms with Gasteiger partial charge in [-0.3, -0.25) is 4.79 Å². The minimum Gasteiger partial charge on any atom is -0.480 e. The Hall–Kier alpha value is -3.12. The van der Waals surface area contributed by atoms with Gasteiger partial charge in [-0.1, -0.05) is 24.6 Å². The summed E-state index contributed by atoms with van der Waals surface area (Å²) in [4.78, 5) is 14.4. The zero-order valence-electron chi connectivity index (χ0n) is 19.0. The molecule has 0 fully saturated rings. The molecule has 36 heavy (non-hydrogen) atoms. The van der Waals surface area contributed by atoms with E-state index in [9.17, 15) is 30.8 Å². The number of hydrogen-bond acceptors (Lipinski definition) is 5. The van der Waals surface area contributed by atoms with Gasteiger partial charge >= 0.3 is 6.18 Å². The number of alkyl halides is 3. The summed E-state index contributed by atoms with van der Waals surface area (Å²) in [5, 5.41) is 4.23. The Morgan fingerprint density at radius 3 is 2.58 bits per heavy atom. The highest BCUT2D eigenvalue weighted by atomic mass is 35.5. The molecule has 2 heterocycles. The molecule has 1 aliphatic heterocycles. The quantitative estimate of drug-likeness (QED) is 0.410. The van der Waals surface area contributed by atoms with Crippen molar-refractivity contribution in [1.82, 2.24) is 14.7 Å². The van der Waals surface area contributed by atoms with Gasteiger partial charge in [0.1, 0.15) is 11.4 Å². The summed E-state index contributed by atoms with van der Waals surface area (Å²) in [7, 11) is -3.75. The Labute approximate surface area is 209 Å². The molecule has 0 unspecified atom stereocenters. The largest absolute Gasteiger partial charge is 0.480 e. The maximum atomic E-state index is 14.4. The Balaban J connectivity index is 1.65. The van der Waals surface area contributed by atoms with Crippen molar-refractivity contribution in [2.24, 2.45) is 0 Å². The van der Waals surface area contributed by atoms with Crippen molar-refractivity contribution >= 4 is 27.3 Å². The normalized spacial score (nSPS) is 14.6. The van der Waals surface area contributed by atoms with Crippen LogP contribution in [-0.2, 0) is 22.9 Å². The maximum absolute atomic E-state index is 14.4. The number of rotatable bonds is 6. The number of halogens is 5. The van der Waals surface area contributed by atoms with E-state index in [0.717, 1.165) is 25.1 Å². The molecule has 0 radical (unpaired) electrons. The van der Waals surface area contributed by atoms with Crippen LogP contribution < -0.4 is 4.74 Å². The van der Waals surface area contributed by atoms with Crippen molar-refractivity contribution in [3.8, 4) is 11.4 Å². The van der Waals surface area contributed by atoms with E-state index >= 15 is 0 Å². The average Bonchev–Trinajstić information content (AvgIpc) is 3.39. The lowest BCUT2D eigenvalue weighted by Gasteiger charge is -2.22. The Morgan fingerprint density at radius 1 is 1.22 bits per heavy atom. The van der Waals surface area contributed by atoms with Crippen LogP contribution in [0.25, 0.3) is 5.69 Å². The maximum Gasteiger partial charge on any atom is 0.425 e. The van der Waals surface area contributed by atoms with Crippen LogP contribution in [-0.4, -0.2) is 47.0 Å². The van der Waals surface area contributed by atoms with E-state index in [2.05, 4.69) is 5.10 Å². The lowest BCUT2D eigenvalue weighted by Crippen LogP contribution is -2.33. The fourth-order valence-electron chi connectivity index (χ4n) is 3.66. The first-order chi connectivity index (χ1) is 16.8. The molecule has 0 spiro atoms. The molecule has 0 N–H and O–H groups in total. The molecule has 4 rings (SSSR count). The molecule has 1 aliphatic rings. The first kappa shape index (κ1) is 26.0. The Bertz CT molecular complexity index is 1420. The SMILES string of the molecule is CCS(=O)(=O)c1ccc(O[C@@H](C)C(F)(F)F)c(C(=O)N2Cc3cn(-c4cccc(Cl)c4F)nc3C2)c1. The number of sulfone groups is 1. The highest BCUT2D eigenvalue weighted by molar-refractivity contribution is 7.91. The topological polar surface area (TPSA) is 81.5 Å². The monoisotopic (exact) mass is 545 g/mol. The van der Waals surface area contributed by atoms with Gasteiger partial charge in [-0.05, 0) is 37.3 Å². The number of amides is 1. The van der Waals surface area contributed by atoms with E-state index in [1.54, 1.807) is 6.07 Å². The van der Waals surface area contributed by atoms with Crippen molar-refractivity contribution in [1.29, 1.82) is 0 Å². The molecule has 192 valence electrons. The summed E-state index contributed by atoms with van der Waals surface area (Å²) in [6.45, 7) is 2.19. The number of carbonyl (C=O) groups excluding carboxylic acids is 1. The van der Waals surface area contributed by atoms with Gasteiger partial charge in [0.2, 0.25) is 0 Å². The highest BCUT2D eigenvalue weighted by Gasteiger charge is 2.39. The molecule has 7 nitrogen and oxygen atoms in total. The van der Waals surface area contributed by atoms with Crippen LogP contribution in [0.2, 0.25) is 5.02 Å². The highest BCUT2D eigenvalue weighted by Crippen LogP contribution is 2.33. The molecule has 0 saturated carbocycles. The molecular formula is C23H20ClF4N3O4S. The van der Waals surface area contributed by atoms with Crippen LogP contribution in [0.4, 0.5) is 17.6 Å². The molecular weight excluding hydrogens is 526 g/mol. The number of benzene rings is 2. The molecule has 13 heteroatoms. The third kappa shape index (κ3) is 4.92. The number of ether oxygens (including phenoxy) is 1. The van der Waals surface area contributed by atoms with Crippen LogP contribution in [0.3, 0.4) is 0 Å². The van der Waals surface area contributed by atoms with Gasteiger partial charge in [-0.2, -0.15) is 18.3 Å². The van der Waals surface area contributed by atoms with E-state index in [0.29, 0.717) is 11.3 Å². The molecule has 0 aliphatic carbocycles. The Morgan fingerprint density at radius 2 is 1.94 bits per heavy atom. The molecule has 1 atom stereocenters. The zero-order valence-corrected chi connectivity index (χ0v) is 20.6. The fraction of sp³-hybridized carbons (Fsp3) is 0.304. The van der Waals surface area contributed by atoms with Crippen LogP contribution in [0.15, 0.2) is 47.5 Å². The summed E-state index contributed by atoms with van der Waals surface area (Å²) in [5.41, 5.74) is 0.834. The summed E-state index contributed by atoms with van der Waals surface area (Å²) < 4.78 is 84.7. The molecule has 2 aromatic carbocycles.